The zero-order chi connectivity index (χ0) is 17.3. The number of rotatable bonds is 1. The van der Waals surface area contributed by atoms with Crippen molar-refractivity contribution in [3.8, 4) is 0 Å². The Morgan fingerprint density at radius 1 is 1.00 bits per heavy atom. The normalized spacial score (nSPS) is 55.8. The van der Waals surface area contributed by atoms with E-state index in [1.807, 2.05) is 0 Å². The van der Waals surface area contributed by atoms with Gasteiger partial charge in [-0.15, -0.1) is 0 Å². The van der Waals surface area contributed by atoms with Gasteiger partial charge in [-0.3, -0.25) is 0 Å². The van der Waals surface area contributed by atoms with Gasteiger partial charge in [0.15, 0.2) is 5.79 Å². The van der Waals surface area contributed by atoms with E-state index in [1.54, 1.807) is 7.11 Å². The van der Waals surface area contributed by atoms with E-state index in [0.717, 1.165) is 12.3 Å². The second-order valence-electron chi connectivity index (χ2n) is 9.40. The molecule has 0 spiro atoms. The van der Waals surface area contributed by atoms with E-state index < -0.39 is 5.79 Å². The lowest BCUT2D eigenvalue weighted by Gasteiger charge is -2.67. The van der Waals surface area contributed by atoms with Crippen LogP contribution in [-0.4, -0.2) is 28.2 Å². The summed E-state index contributed by atoms with van der Waals surface area (Å²) in [4.78, 5) is 0.506. The molecule has 1 saturated heterocycles. The highest BCUT2D eigenvalue weighted by molar-refractivity contribution is 9.12. The number of halogens is 2. The first-order valence-electron chi connectivity index (χ1n) is 9.04. The van der Waals surface area contributed by atoms with Gasteiger partial charge in [-0.05, 0) is 56.3 Å². The quantitative estimate of drug-likeness (QED) is 0.461. The summed E-state index contributed by atoms with van der Waals surface area (Å²) in [5.74, 6) is 0.699. The molecule has 1 heterocycles. The van der Waals surface area contributed by atoms with Crippen LogP contribution in [0.5, 0.6) is 0 Å². The highest BCUT2D eigenvalue weighted by Gasteiger charge is 2.66. The van der Waals surface area contributed by atoms with Crippen LogP contribution in [0.15, 0.2) is 0 Å². The first kappa shape index (κ1) is 18.7. The van der Waals surface area contributed by atoms with Gasteiger partial charge in [0.1, 0.15) is 0 Å². The number of methoxy groups -OCH3 is 1. The van der Waals surface area contributed by atoms with Gasteiger partial charge >= 0.3 is 0 Å². The maximum Gasteiger partial charge on any atom is 0.179 e. The molecule has 0 aromatic rings. The Labute approximate surface area is 158 Å². The molecule has 3 aliphatic rings. The molecule has 2 saturated carbocycles. The summed E-state index contributed by atoms with van der Waals surface area (Å²) in [6.07, 6.45) is 6.40. The maximum absolute atomic E-state index is 6.68. The molecule has 0 radical (unpaired) electrons. The molecule has 7 atom stereocenters. The Morgan fingerprint density at radius 3 is 2.26 bits per heavy atom. The van der Waals surface area contributed by atoms with Crippen molar-refractivity contribution in [1.29, 1.82) is 0 Å². The SMILES string of the molecule is CO[C@@]1(C)O[C@]2(C)CCC3C(C)(C)CCC[C@]3(C)[C@H]2[C@H](Br)[C@H]1Br. The molecular weight excluding hydrogens is 420 g/mol. The lowest BCUT2D eigenvalue weighted by molar-refractivity contribution is -0.328. The highest BCUT2D eigenvalue weighted by atomic mass is 79.9. The molecule has 4 heteroatoms. The summed E-state index contributed by atoms with van der Waals surface area (Å²) < 4.78 is 12.5. The van der Waals surface area contributed by atoms with E-state index in [9.17, 15) is 0 Å². The van der Waals surface area contributed by atoms with Crippen molar-refractivity contribution in [1.82, 2.24) is 0 Å². The summed E-state index contributed by atoms with van der Waals surface area (Å²) in [5.41, 5.74) is 0.636. The van der Waals surface area contributed by atoms with Crippen LogP contribution in [0, 0.1) is 22.7 Å². The number of hydrogen-bond donors (Lipinski definition) is 0. The third-order valence-electron chi connectivity index (χ3n) is 7.51. The molecule has 1 aliphatic heterocycles. The third kappa shape index (κ3) is 2.61. The van der Waals surface area contributed by atoms with Crippen LogP contribution in [0.3, 0.4) is 0 Å². The molecule has 3 rings (SSSR count). The molecule has 0 aromatic carbocycles. The number of alkyl halides is 2. The standard InChI is InChI=1S/C19H32Br2O2/c1-16(2)9-7-10-17(3)12(16)8-11-18(4)14(17)13(20)15(21)19(5,22-6)23-18/h12-15H,7-11H2,1-6H3/t12?,13-,14+,15+,17-,18+,19-/m0/s1. The van der Waals surface area contributed by atoms with Crippen molar-refractivity contribution in [2.24, 2.45) is 22.7 Å². The van der Waals surface area contributed by atoms with Crippen molar-refractivity contribution >= 4 is 31.9 Å². The van der Waals surface area contributed by atoms with E-state index in [-0.39, 0.29) is 10.4 Å². The summed E-state index contributed by atoms with van der Waals surface area (Å²) in [7, 11) is 1.76. The summed E-state index contributed by atoms with van der Waals surface area (Å²) in [5, 5.41) is 0. The average molecular weight is 452 g/mol. The molecule has 2 aliphatic carbocycles. The van der Waals surface area contributed by atoms with Gasteiger partial charge in [-0.2, -0.15) is 0 Å². The Morgan fingerprint density at radius 2 is 1.65 bits per heavy atom. The van der Waals surface area contributed by atoms with Crippen LogP contribution in [-0.2, 0) is 9.47 Å². The Balaban J connectivity index is 2.04. The predicted octanol–water partition coefficient (Wildman–Crippen LogP) is 5.91. The molecule has 2 nitrogen and oxygen atoms in total. The fourth-order valence-electron chi connectivity index (χ4n) is 6.49. The second kappa shape index (κ2) is 5.69. The van der Waals surface area contributed by atoms with E-state index in [2.05, 4.69) is 66.5 Å². The summed E-state index contributed by atoms with van der Waals surface area (Å²) in [6.45, 7) is 11.9. The van der Waals surface area contributed by atoms with Crippen LogP contribution >= 0.6 is 31.9 Å². The molecule has 134 valence electrons. The van der Waals surface area contributed by atoms with Crippen molar-refractivity contribution in [2.75, 3.05) is 7.11 Å². The van der Waals surface area contributed by atoms with Gasteiger partial charge in [0.05, 0.1) is 10.4 Å². The summed E-state index contributed by atoms with van der Waals surface area (Å²) in [6, 6.07) is 0. The van der Waals surface area contributed by atoms with Crippen LogP contribution in [0.25, 0.3) is 0 Å². The lowest BCUT2D eigenvalue weighted by atomic mass is 9.44. The monoisotopic (exact) mass is 450 g/mol. The van der Waals surface area contributed by atoms with Crippen molar-refractivity contribution < 1.29 is 9.47 Å². The number of hydrogen-bond acceptors (Lipinski definition) is 2. The van der Waals surface area contributed by atoms with Crippen LogP contribution in [0.2, 0.25) is 0 Å². The number of fused-ring (bicyclic) bond motifs is 3. The van der Waals surface area contributed by atoms with Gasteiger partial charge in [-0.1, -0.05) is 59.1 Å². The Bertz CT molecular complexity index is 482. The van der Waals surface area contributed by atoms with Gasteiger partial charge in [0.2, 0.25) is 0 Å². The lowest BCUT2D eigenvalue weighted by Crippen LogP contribution is -2.69. The van der Waals surface area contributed by atoms with Crippen molar-refractivity contribution in [3.05, 3.63) is 0 Å². The minimum Gasteiger partial charge on any atom is -0.352 e. The zero-order valence-electron chi connectivity index (χ0n) is 15.4. The molecule has 0 aromatic heterocycles. The number of ether oxygens (including phenoxy) is 2. The highest BCUT2D eigenvalue weighted by Crippen LogP contribution is 2.67. The molecule has 0 amide bonds. The first-order valence-corrected chi connectivity index (χ1v) is 10.9. The van der Waals surface area contributed by atoms with Gasteiger partial charge < -0.3 is 9.47 Å². The van der Waals surface area contributed by atoms with E-state index in [1.165, 1.54) is 25.7 Å². The minimum absolute atomic E-state index is 0.123. The zero-order valence-corrected chi connectivity index (χ0v) is 18.6. The average Bonchev–Trinajstić information content (AvgIpc) is 2.43. The predicted molar refractivity (Wildman–Crippen MR) is 102 cm³/mol. The molecule has 3 fully saturated rings. The van der Waals surface area contributed by atoms with E-state index >= 15 is 0 Å². The van der Waals surface area contributed by atoms with Crippen LogP contribution < -0.4 is 0 Å². The fourth-order valence-corrected chi connectivity index (χ4v) is 8.72. The topological polar surface area (TPSA) is 18.5 Å². The van der Waals surface area contributed by atoms with E-state index in [0.29, 0.717) is 21.6 Å². The minimum atomic E-state index is -0.577. The van der Waals surface area contributed by atoms with Gasteiger partial charge in [0.25, 0.3) is 0 Å². The Hall–Kier alpha value is 0.880. The second-order valence-corrected chi connectivity index (χ2v) is 11.4. The fraction of sp³-hybridized carbons (Fsp3) is 1.00. The largest absolute Gasteiger partial charge is 0.352 e. The maximum atomic E-state index is 6.68. The van der Waals surface area contributed by atoms with Crippen molar-refractivity contribution in [2.45, 2.75) is 87.8 Å². The molecule has 0 bridgehead atoms. The summed E-state index contributed by atoms with van der Waals surface area (Å²) >= 11 is 7.97. The molecule has 1 unspecified atom stereocenters. The first-order chi connectivity index (χ1) is 10.5. The van der Waals surface area contributed by atoms with Gasteiger partial charge in [0, 0.05) is 17.9 Å². The van der Waals surface area contributed by atoms with Crippen LogP contribution in [0.1, 0.15) is 66.7 Å². The Kier molecular flexibility index (Phi) is 4.62. The van der Waals surface area contributed by atoms with Crippen molar-refractivity contribution in [3.63, 3.8) is 0 Å². The molecule has 23 heavy (non-hydrogen) atoms. The third-order valence-corrected chi connectivity index (χ3v) is 10.7. The van der Waals surface area contributed by atoms with E-state index in [4.69, 9.17) is 9.47 Å². The molecular formula is C19H32Br2O2. The van der Waals surface area contributed by atoms with Gasteiger partial charge in [-0.25, -0.2) is 0 Å². The molecule has 0 N–H and O–H groups in total. The van der Waals surface area contributed by atoms with Crippen LogP contribution in [0.4, 0.5) is 0 Å². The smallest absolute Gasteiger partial charge is 0.179 e.